The number of carbonyl (C=O) groups is 1. The van der Waals surface area contributed by atoms with Gasteiger partial charge >= 0.3 is 0 Å². The summed E-state index contributed by atoms with van der Waals surface area (Å²) in [5, 5.41) is 6.73. The Morgan fingerprint density at radius 2 is 2.00 bits per heavy atom. The van der Waals surface area contributed by atoms with E-state index in [1.807, 2.05) is 0 Å². The summed E-state index contributed by atoms with van der Waals surface area (Å²) in [5.41, 5.74) is 2.77. The van der Waals surface area contributed by atoms with Gasteiger partial charge in [0.25, 0.3) is 0 Å². The highest BCUT2D eigenvalue weighted by Crippen LogP contribution is 2.30. The lowest BCUT2D eigenvalue weighted by Gasteiger charge is -2.30. The van der Waals surface area contributed by atoms with Gasteiger partial charge in [0.05, 0.1) is 0 Å². The standard InChI is InChI=1S/C19H28N2O/c1-2-14-7-9-16(10-8-14)19(22)21-13-18-17-6-4-3-5-15(17)11-12-20-18/h3-6,14,16,18,20H,2,7-13H2,1H3,(H,21,22). The molecule has 3 heteroatoms. The molecule has 1 aliphatic heterocycles. The van der Waals surface area contributed by atoms with Gasteiger partial charge in [0.1, 0.15) is 0 Å². The zero-order valence-corrected chi connectivity index (χ0v) is 13.6. The minimum absolute atomic E-state index is 0.238. The first-order valence-corrected chi connectivity index (χ1v) is 8.86. The molecule has 1 heterocycles. The lowest BCUT2D eigenvalue weighted by atomic mass is 9.80. The van der Waals surface area contributed by atoms with E-state index in [0.717, 1.165) is 31.7 Å². The zero-order valence-electron chi connectivity index (χ0n) is 13.6. The molecule has 0 bridgehead atoms. The molecule has 0 spiro atoms. The lowest BCUT2D eigenvalue weighted by Crippen LogP contribution is -2.41. The Bertz CT molecular complexity index is 506. The van der Waals surface area contributed by atoms with Gasteiger partial charge in [-0.1, -0.05) is 37.6 Å². The van der Waals surface area contributed by atoms with Crippen LogP contribution in [0.2, 0.25) is 0 Å². The van der Waals surface area contributed by atoms with Crippen molar-refractivity contribution < 1.29 is 4.79 Å². The predicted octanol–water partition coefficient (Wildman–Crippen LogP) is 3.21. The largest absolute Gasteiger partial charge is 0.354 e. The van der Waals surface area contributed by atoms with Crippen LogP contribution >= 0.6 is 0 Å². The molecule has 2 aliphatic rings. The average molecular weight is 300 g/mol. The van der Waals surface area contributed by atoms with Gasteiger partial charge in [-0.3, -0.25) is 4.79 Å². The number of fused-ring (bicyclic) bond motifs is 1. The molecule has 1 amide bonds. The molecule has 1 atom stereocenters. The van der Waals surface area contributed by atoms with E-state index in [1.165, 1.54) is 30.4 Å². The van der Waals surface area contributed by atoms with Crippen LogP contribution in [0.25, 0.3) is 0 Å². The van der Waals surface area contributed by atoms with Crippen LogP contribution in [-0.4, -0.2) is 19.0 Å². The Morgan fingerprint density at radius 1 is 1.23 bits per heavy atom. The third kappa shape index (κ3) is 3.52. The Hall–Kier alpha value is -1.35. The van der Waals surface area contributed by atoms with Crippen LogP contribution in [0, 0.1) is 11.8 Å². The first kappa shape index (κ1) is 15.5. The number of benzene rings is 1. The van der Waals surface area contributed by atoms with Crippen molar-refractivity contribution in [2.24, 2.45) is 11.8 Å². The van der Waals surface area contributed by atoms with Crippen molar-refractivity contribution in [1.82, 2.24) is 10.6 Å². The molecule has 0 aromatic heterocycles. The summed E-state index contributed by atoms with van der Waals surface area (Å²) in [4.78, 5) is 12.4. The molecule has 1 saturated carbocycles. The average Bonchev–Trinajstić information content (AvgIpc) is 2.59. The minimum Gasteiger partial charge on any atom is -0.354 e. The quantitative estimate of drug-likeness (QED) is 0.896. The van der Waals surface area contributed by atoms with Crippen molar-refractivity contribution in [3.8, 4) is 0 Å². The fourth-order valence-corrected chi connectivity index (χ4v) is 3.95. The fraction of sp³-hybridized carbons (Fsp3) is 0.632. The van der Waals surface area contributed by atoms with Crippen molar-refractivity contribution in [1.29, 1.82) is 0 Å². The summed E-state index contributed by atoms with van der Waals surface area (Å²) in [6, 6.07) is 8.85. The first-order valence-electron chi connectivity index (χ1n) is 8.86. The van der Waals surface area contributed by atoms with Gasteiger partial charge in [-0.25, -0.2) is 0 Å². The van der Waals surface area contributed by atoms with Gasteiger partial charge in [-0.05, 0) is 55.7 Å². The van der Waals surface area contributed by atoms with E-state index in [1.54, 1.807) is 0 Å². The van der Waals surface area contributed by atoms with Crippen molar-refractivity contribution in [3.05, 3.63) is 35.4 Å². The van der Waals surface area contributed by atoms with Crippen LogP contribution in [0.5, 0.6) is 0 Å². The molecule has 1 aromatic carbocycles. The van der Waals surface area contributed by atoms with Gasteiger partial charge in [0.15, 0.2) is 0 Å². The first-order chi connectivity index (χ1) is 10.8. The summed E-state index contributed by atoms with van der Waals surface area (Å²) in [6.07, 6.45) is 6.93. The second-order valence-electron chi connectivity index (χ2n) is 6.83. The lowest BCUT2D eigenvalue weighted by molar-refractivity contribution is -0.126. The van der Waals surface area contributed by atoms with E-state index in [4.69, 9.17) is 0 Å². The monoisotopic (exact) mass is 300 g/mol. The van der Waals surface area contributed by atoms with Crippen molar-refractivity contribution >= 4 is 5.91 Å². The summed E-state index contributed by atoms with van der Waals surface area (Å²) in [7, 11) is 0. The molecular weight excluding hydrogens is 272 g/mol. The molecule has 0 saturated heterocycles. The highest BCUT2D eigenvalue weighted by atomic mass is 16.1. The minimum atomic E-state index is 0.238. The van der Waals surface area contributed by atoms with Crippen LogP contribution in [0.4, 0.5) is 0 Å². The molecular formula is C19H28N2O. The van der Waals surface area contributed by atoms with Gasteiger partial charge in [-0.2, -0.15) is 0 Å². The van der Waals surface area contributed by atoms with E-state index < -0.39 is 0 Å². The van der Waals surface area contributed by atoms with E-state index in [0.29, 0.717) is 6.54 Å². The van der Waals surface area contributed by atoms with Gasteiger partial charge in [0.2, 0.25) is 5.91 Å². The Kier molecular flexibility index (Phi) is 5.14. The van der Waals surface area contributed by atoms with Crippen molar-refractivity contribution in [2.45, 2.75) is 51.5 Å². The molecule has 2 N–H and O–H groups in total. The number of hydrogen-bond acceptors (Lipinski definition) is 2. The Morgan fingerprint density at radius 3 is 2.77 bits per heavy atom. The smallest absolute Gasteiger partial charge is 0.223 e. The normalized spacial score (nSPS) is 28.0. The summed E-state index contributed by atoms with van der Waals surface area (Å²) < 4.78 is 0. The van der Waals surface area contributed by atoms with Gasteiger partial charge in [0, 0.05) is 18.5 Å². The third-order valence-electron chi connectivity index (χ3n) is 5.49. The maximum atomic E-state index is 12.4. The Balaban J connectivity index is 1.52. The second kappa shape index (κ2) is 7.28. The number of carbonyl (C=O) groups excluding carboxylic acids is 1. The molecule has 1 aromatic rings. The maximum absolute atomic E-state index is 12.4. The summed E-state index contributed by atoms with van der Waals surface area (Å²) in [5.74, 6) is 1.34. The van der Waals surface area contributed by atoms with E-state index >= 15 is 0 Å². The van der Waals surface area contributed by atoms with Crippen LogP contribution in [-0.2, 0) is 11.2 Å². The van der Waals surface area contributed by atoms with Gasteiger partial charge in [-0.15, -0.1) is 0 Å². The third-order valence-corrected chi connectivity index (χ3v) is 5.49. The molecule has 22 heavy (non-hydrogen) atoms. The molecule has 1 fully saturated rings. The number of rotatable bonds is 4. The predicted molar refractivity (Wildman–Crippen MR) is 89.6 cm³/mol. The van der Waals surface area contributed by atoms with Crippen LogP contribution in [0.1, 0.15) is 56.2 Å². The molecule has 1 unspecified atom stereocenters. The highest BCUT2D eigenvalue weighted by Gasteiger charge is 2.26. The number of hydrogen-bond donors (Lipinski definition) is 2. The van der Waals surface area contributed by atoms with Crippen molar-refractivity contribution in [3.63, 3.8) is 0 Å². The second-order valence-corrected chi connectivity index (χ2v) is 6.83. The zero-order chi connectivity index (χ0) is 15.4. The number of nitrogens with one attached hydrogen (secondary N) is 2. The molecule has 1 aliphatic carbocycles. The van der Waals surface area contributed by atoms with Crippen molar-refractivity contribution in [2.75, 3.05) is 13.1 Å². The molecule has 0 radical (unpaired) electrons. The highest BCUT2D eigenvalue weighted by molar-refractivity contribution is 5.78. The molecule has 3 rings (SSSR count). The van der Waals surface area contributed by atoms with Crippen LogP contribution < -0.4 is 10.6 Å². The van der Waals surface area contributed by atoms with E-state index in [-0.39, 0.29) is 17.9 Å². The Labute approximate surface area is 133 Å². The summed E-state index contributed by atoms with van der Waals surface area (Å²) in [6.45, 7) is 3.97. The number of amides is 1. The summed E-state index contributed by atoms with van der Waals surface area (Å²) >= 11 is 0. The van der Waals surface area contributed by atoms with Crippen LogP contribution in [0.15, 0.2) is 24.3 Å². The van der Waals surface area contributed by atoms with E-state index in [2.05, 4.69) is 41.8 Å². The molecule has 120 valence electrons. The topological polar surface area (TPSA) is 41.1 Å². The molecule has 3 nitrogen and oxygen atoms in total. The fourth-order valence-electron chi connectivity index (χ4n) is 3.95. The van der Waals surface area contributed by atoms with Gasteiger partial charge < -0.3 is 10.6 Å². The van der Waals surface area contributed by atoms with E-state index in [9.17, 15) is 4.79 Å². The van der Waals surface area contributed by atoms with Crippen LogP contribution in [0.3, 0.4) is 0 Å². The SMILES string of the molecule is CCC1CCC(C(=O)NCC2NCCc3ccccc32)CC1. The maximum Gasteiger partial charge on any atom is 0.223 e.